The first-order chi connectivity index (χ1) is 26.0. The Kier molecular flexibility index (Phi) is 6.27. The summed E-state index contributed by atoms with van der Waals surface area (Å²) >= 11 is 0. The van der Waals surface area contributed by atoms with Gasteiger partial charge < -0.3 is 8.98 Å². The van der Waals surface area contributed by atoms with E-state index < -0.39 is 0 Å². The summed E-state index contributed by atoms with van der Waals surface area (Å²) in [4.78, 5) is 10.1. The van der Waals surface area contributed by atoms with Crippen LogP contribution in [0.4, 0.5) is 0 Å². The molecule has 53 heavy (non-hydrogen) atoms. The van der Waals surface area contributed by atoms with Gasteiger partial charge in [0.15, 0.2) is 11.4 Å². The van der Waals surface area contributed by atoms with Crippen LogP contribution >= 0.6 is 0 Å². The molecule has 0 amide bonds. The highest BCUT2D eigenvalue weighted by Crippen LogP contribution is 2.53. The Morgan fingerprint density at radius 3 is 2.04 bits per heavy atom. The first-order valence-electron chi connectivity index (χ1n) is 18.2. The smallest absolute Gasteiger partial charge is 0.160 e. The minimum Gasteiger partial charge on any atom is -0.454 e. The third kappa shape index (κ3) is 4.36. The summed E-state index contributed by atoms with van der Waals surface area (Å²) in [7, 11) is 0. The van der Waals surface area contributed by atoms with Crippen molar-refractivity contribution in [1.82, 2.24) is 14.5 Å². The summed E-state index contributed by atoms with van der Waals surface area (Å²) in [6.45, 7) is 4.69. The van der Waals surface area contributed by atoms with Gasteiger partial charge in [-0.05, 0) is 58.7 Å². The van der Waals surface area contributed by atoms with E-state index in [2.05, 4.69) is 146 Å². The van der Waals surface area contributed by atoms with E-state index in [-0.39, 0.29) is 5.41 Å². The number of hydrogen-bond acceptors (Lipinski definition) is 3. The van der Waals surface area contributed by atoms with Gasteiger partial charge in [-0.15, -0.1) is 0 Å². The monoisotopic (exact) mass is 679 g/mol. The van der Waals surface area contributed by atoms with Gasteiger partial charge in [0.2, 0.25) is 0 Å². The van der Waals surface area contributed by atoms with E-state index in [0.717, 1.165) is 61.2 Å². The Balaban J connectivity index is 1.12. The largest absolute Gasteiger partial charge is 0.454 e. The zero-order valence-corrected chi connectivity index (χ0v) is 29.3. The van der Waals surface area contributed by atoms with Gasteiger partial charge in [0.05, 0.1) is 28.1 Å². The topological polar surface area (TPSA) is 43.9 Å². The van der Waals surface area contributed by atoms with Gasteiger partial charge in [-0.25, -0.2) is 9.97 Å². The van der Waals surface area contributed by atoms with E-state index in [4.69, 9.17) is 14.4 Å². The maximum Gasteiger partial charge on any atom is 0.160 e. The van der Waals surface area contributed by atoms with Crippen LogP contribution in [0.15, 0.2) is 168 Å². The van der Waals surface area contributed by atoms with Gasteiger partial charge >= 0.3 is 0 Å². The molecule has 0 radical (unpaired) electrons. The second-order valence-electron chi connectivity index (χ2n) is 14.6. The summed E-state index contributed by atoms with van der Waals surface area (Å²) in [6.07, 6.45) is 0. The van der Waals surface area contributed by atoms with E-state index in [1.165, 1.54) is 38.5 Å². The van der Waals surface area contributed by atoms with E-state index >= 15 is 0 Å². The number of aromatic nitrogens is 3. The van der Waals surface area contributed by atoms with Crippen LogP contribution in [0.1, 0.15) is 25.0 Å². The molecule has 0 bridgehead atoms. The molecule has 0 fully saturated rings. The van der Waals surface area contributed by atoms with Gasteiger partial charge in [0.1, 0.15) is 5.58 Å². The van der Waals surface area contributed by atoms with Gasteiger partial charge in [0, 0.05) is 43.7 Å². The van der Waals surface area contributed by atoms with E-state index in [9.17, 15) is 0 Å². The highest BCUT2D eigenvalue weighted by atomic mass is 16.3. The van der Waals surface area contributed by atoms with Gasteiger partial charge in [-0.2, -0.15) is 0 Å². The number of para-hydroxylation sites is 2. The lowest BCUT2D eigenvalue weighted by molar-refractivity contribution is 0.660. The molecule has 4 heteroatoms. The highest BCUT2D eigenvalue weighted by molar-refractivity contribution is 6.19. The summed E-state index contributed by atoms with van der Waals surface area (Å²) in [5, 5.41) is 4.69. The molecule has 0 spiro atoms. The Bertz CT molecular complexity index is 3020. The van der Waals surface area contributed by atoms with Crippen molar-refractivity contribution in [2.45, 2.75) is 19.3 Å². The van der Waals surface area contributed by atoms with E-state index in [0.29, 0.717) is 5.82 Å². The predicted octanol–water partition coefficient (Wildman–Crippen LogP) is 12.8. The van der Waals surface area contributed by atoms with Gasteiger partial charge in [-0.3, -0.25) is 0 Å². The lowest BCUT2D eigenvalue weighted by Gasteiger charge is -2.21. The van der Waals surface area contributed by atoms with E-state index in [1.807, 2.05) is 36.4 Å². The molecular weight excluding hydrogens is 647 g/mol. The SMILES string of the molecule is CC1(C)c2ccccc2-c2c1ccc1c2c2ccccc2n1-c1cccc2c1oc1cc(-c3cc(-c4ccccc4)nc(-c4ccccc4)n3)ccc12. The van der Waals surface area contributed by atoms with Crippen molar-refractivity contribution < 1.29 is 4.42 Å². The number of furan rings is 1. The molecule has 250 valence electrons. The Labute approximate surface area is 306 Å². The number of benzene rings is 7. The number of fused-ring (bicyclic) bond motifs is 10. The molecule has 1 aliphatic rings. The van der Waals surface area contributed by atoms with Gasteiger partial charge in [0.25, 0.3) is 0 Å². The maximum atomic E-state index is 6.91. The fourth-order valence-electron chi connectivity index (χ4n) is 8.70. The quantitative estimate of drug-likeness (QED) is 0.186. The second-order valence-corrected chi connectivity index (χ2v) is 14.6. The average molecular weight is 680 g/mol. The standard InChI is InChI=1S/C49H33N3O/c1-49(2)37-21-11-9-18-35(37)45-38(49)26-27-42-46(45)36-19-10-12-22-41(36)52(42)43-23-13-20-34-33-25-24-32(28-44(33)53-47(34)43)40-29-39(30-14-5-3-6-15-30)50-48(51-40)31-16-7-4-8-17-31/h3-29H,1-2H3. The average Bonchev–Trinajstić information content (AvgIpc) is 3.83. The first kappa shape index (κ1) is 29.9. The summed E-state index contributed by atoms with van der Waals surface area (Å²) in [5.41, 5.74) is 15.1. The van der Waals surface area contributed by atoms with Crippen LogP contribution in [0.3, 0.4) is 0 Å². The normalized spacial score (nSPS) is 13.2. The zero-order chi connectivity index (χ0) is 35.3. The van der Waals surface area contributed by atoms with Crippen LogP contribution in [-0.4, -0.2) is 14.5 Å². The third-order valence-corrected chi connectivity index (χ3v) is 11.2. The number of rotatable bonds is 4. The molecule has 0 aliphatic heterocycles. The van der Waals surface area contributed by atoms with Crippen molar-refractivity contribution in [2.24, 2.45) is 0 Å². The third-order valence-electron chi connectivity index (χ3n) is 11.2. The molecule has 4 nitrogen and oxygen atoms in total. The highest BCUT2D eigenvalue weighted by Gasteiger charge is 2.37. The lowest BCUT2D eigenvalue weighted by Crippen LogP contribution is -2.14. The fourth-order valence-corrected chi connectivity index (χ4v) is 8.70. The van der Waals surface area contributed by atoms with E-state index in [1.54, 1.807) is 0 Å². The minimum atomic E-state index is -0.0762. The molecule has 1 aliphatic carbocycles. The van der Waals surface area contributed by atoms with Crippen LogP contribution in [0.5, 0.6) is 0 Å². The van der Waals surface area contributed by atoms with Crippen molar-refractivity contribution in [1.29, 1.82) is 0 Å². The molecule has 3 heterocycles. The minimum absolute atomic E-state index is 0.0762. The second kappa shape index (κ2) is 11.1. The zero-order valence-electron chi connectivity index (χ0n) is 29.3. The van der Waals surface area contributed by atoms with Crippen molar-refractivity contribution in [2.75, 3.05) is 0 Å². The number of hydrogen-bond donors (Lipinski definition) is 0. The van der Waals surface area contributed by atoms with Crippen molar-refractivity contribution in [3.05, 3.63) is 175 Å². The van der Waals surface area contributed by atoms with Crippen LogP contribution in [0.2, 0.25) is 0 Å². The molecule has 0 saturated heterocycles. The Morgan fingerprint density at radius 2 is 1.21 bits per heavy atom. The predicted molar refractivity (Wildman–Crippen MR) is 218 cm³/mol. The number of nitrogens with zero attached hydrogens (tertiary/aromatic N) is 3. The Hall–Kier alpha value is -6.78. The van der Waals surface area contributed by atoms with Crippen molar-refractivity contribution in [3.8, 4) is 50.7 Å². The molecular formula is C49H33N3O. The van der Waals surface area contributed by atoms with Crippen LogP contribution in [-0.2, 0) is 5.41 Å². The first-order valence-corrected chi connectivity index (χ1v) is 18.2. The molecule has 0 N–H and O–H groups in total. The van der Waals surface area contributed by atoms with Crippen LogP contribution in [0, 0.1) is 0 Å². The van der Waals surface area contributed by atoms with Crippen LogP contribution in [0.25, 0.3) is 94.5 Å². The summed E-state index contributed by atoms with van der Waals surface area (Å²) in [6, 6.07) is 57.8. The van der Waals surface area contributed by atoms with Crippen LogP contribution < -0.4 is 0 Å². The van der Waals surface area contributed by atoms with Gasteiger partial charge in [-0.1, -0.05) is 141 Å². The maximum absolute atomic E-state index is 6.91. The lowest BCUT2D eigenvalue weighted by atomic mass is 9.82. The molecule has 0 atom stereocenters. The fraction of sp³-hybridized carbons (Fsp3) is 0.0612. The Morgan fingerprint density at radius 1 is 0.509 bits per heavy atom. The summed E-state index contributed by atoms with van der Waals surface area (Å²) in [5.74, 6) is 0.692. The molecule has 10 aromatic rings. The summed E-state index contributed by atoms with van der Waals surface area (Å²) < 4.78 is 9.31. The molecule has 3 aromatic heterocycles. The molecule has 7 aromatic carbocycles. The molecule has 0 unspecified atom stereocenters. The van der Waals surface area contributed by atoms with Crippen molar-refractivity contribution >= 4 is 43.7 Å². The molecule has 0 saturated carbocycles. The molecule has 11 rings (SSSR count). The van der Waals surface area contributed by atoms with Crippen molar-refractivity contribution in [3.63, 3.8) is 0 Å².